The van der Waals surface area contributed by atoms with E-state index < -0.39 is 0 Å². The molecule has 0 rings (SSSR count). The van der Waals surface area contributed by atoms with E-state index in [0.29, 0.717) is 0 Å². The van der Waals surface area contributed by atoms with Gasteiger partial charge in [-0.1, -0.05) is 63.0 Å². The third-order valence-electron chi connectivity index (χ3n) is 2.53. The molecule has 0 amide bonds. The molecule has 0 aromatic rings. The molecule has 0 aliphatic heterocycles. The van der Waals surface area contributed by atoms with Gasteiger partial charge >= 0.3 is 0 Å². The molecule has 0 saturated heterocycles. The molecule has 0 bridgehead atoms. The molecule has 0 aliphatic rings. The summed E-state index contributed by atoms with van der Waals surface area (Å²) in [5.74, 6) is 0. The van der Waals surface area contributed by atoms with Crippen molar-refractivity contribution in [2.45, 2.75) is 64.2 Å². The first-order valence-electron chi connectivity index (χ1n) is 6.06. The molecule has 0 atom stereocenters. The van der Waals surface area contributed by atoms with Crippen LogP contribution < -0.4 is 0 Å². The van der Waals surface area contributed by atoms with Gasteiger partial charge in [0.15, 0.2) is 0 Å². The van der Waals surface area contributed by atoms with Gasteiger partial charge in [-0.15, -0.1) is 25.3 Å². The first-order chi connectivity index (χ1) is 7.63. The quantitative estimate of drug-likeness (QED) is 0.297. The van der Waals surface area contributed by atoms with Gasteiger partial charge < -0.3 is 0 Å². The molecule has 0 heterocycles. The van der Waals surface area contributed by atoms with Crippen LogP contribution >= 0.6 is 49.7 Å². The van der Waals surface area contributed by atoms with Gasteiger partial charge in [0.05, 0.1) is 0 Å². The molecular formula is C12H22S4. The molecule has 4 heteroatoms. The van der Waals surface area contributed by atoms with Crippen molar-refractivity contribution >= 4 is 58.1 Å². The van der Waals surface area contributed by atoms with E-state index in [1.165, 1.54) is 51.4 Å². The summed E-state index contributed by atoms with van der Waals surface area (Å²) in [5, 5.41) is 0. The molecule has 16 heavy (non-hydrogen) atoms. The lowest BCUT2D eigenvalue weighted by Crippen LogP contribution is -1.86. The van der Waals surface area contributed by atoms with Gasteiger partial charge in [-0.2, -0.15) is 0 Å². The fourth-order valence-corrected chi connectivity index (χ4v) is 2.22. The molecule has 0 radical (unpaired) electrons. The minimum atomic E-state index is 0.850. The Hall–Kier alpha value is 0.880. The first-order valence-corrected chi connectivity index (χ1v) is 7.77. The number of unbranched alkanes of at least 4 members (excludes halogenated alkanes) is 7. The van der Waals surface area contributed by atoms with E-state index in [9.17, 15) is 0 Å². The van der Waals surface area contributed by atoms with Gasteiger partial charge in [-0.25, -0.2) is 0 Å². The van der Waals surface area contributed by atoms with Gasteiger partial charge in [0.2, 0.25) is 0 Å². The highest BCUT2D eigenvalue weighted by Crippen LogP contribution is 2.12. The lowest BCUT2D eigenvalue weighted by molar-refractivity contribution is 0.577. The maximum Gasteiger partial charge on any atom is 0.0448 e. The van der Waals surface area contributed by atoms with E-state index in [4.69, 9.17) is 24.4 Å². The Bertz CT molecular complexity index is 179. The number of rotatable bonds is 11. The standard InChI is InChI=1S/C12H22S4/c13-11(14)9-7-5-3-1-2-4-6-8-10-12(15)16/h1-10H2,(H,13,14)(H,15,16). The van der Waals surface area contributed by atoms with E-state index in [0.717, 1.165) is 21.2 Å². The second-order valence-corrected chi connectivity index (χ2v) is 6.79. The van der Waals surface area contributed by atoms with Crippen molar-refractivity contribution in [3.63, 3.8) is 0 Å². The average molecular weight is 295 g/mol. The van der Waals surface area contributed by atoms with Crippen LogP contribution in [0.5, 0.6) is 0 Å². The van der Waals surface area contributed by atoms with Gasteiger partial charge in [-0.05, 0) is 25.7 Å². The highest BCUT2D eigenvalue weighted by molar-refractivity contribution is 8.11. The summed E-state index contributed by atoms with van der Waals surface area (Å²) < 4.78 is 1.70. The Morgan fingerprint density at radius 2 is 0.812 bits per heavy atom. The minimum absolute atomic E-state index is 0.850. The summed E-state index contributed by atoms with van der Waals surface area (Å²) in [4.78, 5) is 0. The van der Waals surface area contributed by atoms with Crippen molar-refractivity contribution in [1.29, 1.82) is 0 Å². The van der Waals surface area contributed by atoms with Crippen LogP contribution in [0.15, 0.2) is 0 Å². The van der Waals surface area contributed by atoms with E-state index in [2.05, 4.69) is 25.3 Å². The van der Waals surface area contributed by atoms with Crippen molar-refractivity contribution in [2.24, 2.45) is 0 Å². The molecule has 0 aliphatic carbocycles. The Morgan fingerprint density at radius 1 is 0.562 bits per heavy atom. The summed E-state index contributed by atoms with van der Waals surface area (Å²) in [7, 11) is 0. The molecule has 94 valence electrons. The van der Waals surface area contributed by atoms with E-state index in [1.54, 1.807) is 0 Å². The molecule has 0 aromatic carbocycles. The first kappa shape index (κ1) is 16.9. The zero-order valence-electron chi connectivity index (χ0n) is 9.78. The Balaban J connectivity index is 2.98. The highest BCUT2D eigenvalue weighted by atomic mass is 32.1. The van der Waals surface area contributed by atoms with Gasteiger partial charge in [0.1, 0.15) is 0 Å². The van der Waals surface area contributed by atoms with Crippen molar-refractivity contribution < 1.29 is 0 Å². The van der Waals surface area contributed by atoms with Crippen molar-refractivity contribution in [3.05, 3.63) is 0 Å². The van der Waals surface area contributed by atoms with E-state index in [1.807, 2.05) is 0 Å². The number of thiol groups is 2. The predicted octanol–water partition coefficient (Wildman–Crippen LogP) is 5.40. The smallest absolute Gasteiger partial charge is 0.0448 e. The molecule has 0 aromatic heterocycles. The monoisotopic (exact) mass is 294 g/mol. The van der Waals surface area contributed by atoms with Crippen LogP contribution in [0, 0.1) is 0 Å². The van der Waals surface area contributed by atoms with Crippen LogP contribution in [0.4, 0.5) is 0 Å². The van der Waals surface area contributed by atoms with Gasteiger partial charge in [0.25, 0.3) is 0 Å². The summed E-state index contributed by atoms with van der Waals surface area (Å²) in [6.07, 6.45) is 12.4. The minimum Gasteiger partial charge on any atom is -0.136 e. The zero-order valence-corrected chi connectivity index (χ0v) is 13.2. The van der Waals surface area contributed by atoms with Crippen molar-refractivity contribution in [1.82, 2.24) is 0 Å². The number of thiocarbonyl (C=S) groups is 2. The topological polar surface area (TPSA) is 0 Å². The Morgan fingerprint density at radius 3 is 1.06 bits per heavy atom. The fourth-order valence-electron chi connectivity index (χ4n) is 1.61. The summed E-state index contributed by atoms with van der Waals surface area (Å²) in [6.45, 7) is 0. The van der Waals surface area contributed by atoms with Crippen LogP contribution in [0.1, 0.15) is 64.2 Å². The fraction of sp³-hybridized carbons (Fsp3) is 0.833. The van der Waals surface area contributed by atoms with Crippen LogP contribution in [0.3, 0.4) is 0 Å². The lowest BCUT2D eigenvalue weighted by Gasteiger charge is -2.01. The molecule has 0 fully saturated rings. The van der Waals surface area contributed by atoms with Crippen LogP contribution in [0.25, 0.3) is 0 Å². The number of hydrogen-bond donors (Lipinski definition) is 2. The molecule has 0 nitrogen and oxygen atoms in total. The Labute approximate surface area is 122 Å². The van der Waals surface area contributed by atoms with Crippen molar-refractivity contribution in [2.75, 3.05) is 0 Å². The van der Waals surface area contributed by atoms with Crippen LogP contribution in [-0.2, 0) is 0 Å². The highest BCUT2D eigenvalue weighted by Gasteiger charge is 1.94. The summed E-state index contributed by atoms with van der Waals surface area (Å²) >= 11 is 18.0. The maximum atomic E-state index is 4.91. The maximum absolute atomic E-state index is 4.91. The average Bonchev–Trinajstić information content (AvgIpc) is 2.20. The molecular weight excluding hydrogens is 272 g/mol. The second kappa shape index (κ2) is 12.3. The molecule has 0 spiro atoms. The van der Waals surface area contributed by atoms with Gasteiger partial charge in [-0.3, -0.25) is 0 Å². The van der Waals surface area contributed by atoms with E-state index in [-0.39, 0.29) is 0 Å². The number of hydrogen-bond acceptors (Lipinski definition) is 2. The van der Waals surface area contributed by atoms with E-state index >= 15 is 0 Å². The summed E-state index contributed by atoms with van der Waals surface area (Å²) in [5.41, 5.74) is 0. The molecule has 0 unspecified atom stereocenters. The van der Waals surface area contributed by atoms with Crippen molar-refractivity contribution in [3.8, 4) is 0 Å². The second-order valence-electron chi connectivity index (χ2n) is 4.12. The third-order valence-corrected chi connectivity index (χ3v) is 3.39. The van der Waals surface area contributed by atoms with Crippen LogP contribution in [0.2, 0.25) is 0 Å². The molecule has 0 saturated carbocycles. The Kier molecular flexibility index (Phi) is 13.0. The summed E-state index contributed by atoms with van der Waals surface area (Å²) in [6, 6.07) is 0. The predicted molar refractivity (Wildman–Crippen MR) is 89.3 cm³/mol. The van der Waals surface area contributed by atoms with Gasteiger partial charge in [0, 0.05) is 8.39 Å². The normalized spacial score (nSPS) is 10.4. The SMILES string of the molecule is S=C(S)CCCCCCCCCCC(=S)S. The lowest BCUT2D eigenvalue weighted by atomic mass is 10.1. The van der Waals surface area contributed by atoms with Crippen LogP contribution in [-0.4, -0.2) is 8.39 Å². The zero-order chi connectivity index (χ0) is 12.2. The largest absolute Gasteiger partial charge is 0.136 e. The molecule has 0 N–H and O–H groups in total. The third kappa shape index (κ3) is 14.9.